The number of aryl methyl sites for hydroxylation is 1. The zero-order chi connectivity index (χ0) is 19.9. The van der Waals surface area contributed by atoms with Crippen LogP contribution in [0.4, 0.5) is 5.69 Å². The summed E-state index contributed by atoms with van der Waals surface area (Å²) in [7, 11) is 0. The Labute approximate surface area is 175 Å². The van der Waals surface area contributed by atoms with Crippen LogP contribution >= 0.6 is 0 Å². The maximum Gasteiger partial charge on any atom is 0.0709 e. The van der Waals surface area contributed by atoms with Gasteiger partial charge >= 0.3 is 0 Å². The quantitative estimate of drug-likeness (QED) is 0.377. The maximum absolute atomic E-state index is 4.83. The highest BCUT2D eigenvalue weighted by Crippen LogP contribution is 2.30. The largest absolute Gasteiger partial charge is 0.385 e. The fraction of sp³-hybridized carbons (Fsp3) is 0.111. The van der Waals surface area contributed by atoms with E-state index in [0.717, 1.165) is 51.8 Å². The van der Waals surface area contributed by atoms with Crippen molar-refractivity contribution in [1.82, 2.24) is 9.97 Å². The fourth-order valence-electron chi connectivity index (χ4n) is 4.31. The lowest BCUT2D eigenvalue weighted by Gasteiger charge is -2.18. The Kier molecular flexibility index (Phi) is 3.98. The Balaban J connectivity index is 1.38. The Morgan fingerprint density at radius 2 is 1.57 bits per heavy atom. The van der Waals surface area contributed by atoms with Crippen LogP contribution in [0.15, 0.2) is 85.1 Å². The normalized spacial score (nSPS) is 13.2. The van der Waals surface area contributed by atoms with E-state index < -0.39 is 0 Å². The number of para-hydroxylation sites is 1. The molecule has 0 aliphatic carbocycles. The Morgan fingerprint density at radius 3 is 2.57 bits per heavy atom. The number of rotatable bonds is 2. The average molecular weight is 387 g/mol. The molecule has 0 atom stereocenters. The molecule has 1 aliphatic heterocycles. The summed E-state index contributed by atoms with van der Waals surface area (Å²) in [6.07, 6.45) is 4.33. The molecule has 0 saturated heterocycles. The van der Waals surface area contributed by atoms with Gasteiger partial charge in [-0.05, 0) is 54.1 Å². The van der Waals surface area contributed by atoms with Crippen LogP contribution in [0.1, 0.15) is 12.0 Å². The summed E-state index contributed by atoms with van der Waals surface area (Å²) in [4.78, 5) is 9.59. The van der Waals surface area contributed by atoms with Gasteiger partial charge in [-0.1, -0.05) is 48.5 Å². The zero-order valence-corrected chi connectivity index (χ0v) is 16.6. The lowest BCUT2D eigenvalue weighted by Crippen LogP contribution is -2.11. The van der Waals surface area contributed by atoms with Gasteiger partial charge in [-0.15, -0.1) is 0 Å². The number of hydrogen-bond donors (Lipinski definition) is 1. The lowest BCUT2D eigenvalue weighted by molar-refractivity contribution is 0.830. The smallest absolute Gasteiger partial charge is 0.0709 e. The number of nitrogens with one attached hydrogen (secondary N) is 1. The summed E-state index contributed by atoms with van der Waals surface area (Å²) < 4.78 is 0. The van der Waals surface area contributed by atoms with Crippen molar-refractivity contribution < 1.29 is 0 Å². The molecule has 0 unspecified atom stereocenters. The predicted molar refractivity (Wildman–Crippen MR) is 125 cm³/mol. The minimum atomic E-state index is 0.987. The van der Waals surface area contributed by atoms with Gasteiger partial charge in [0, 0.05) is 40.3 Å². The molecule has 3 aromatic carbocycles. The zero-order valence-electron chi connectivity index (χ0n) is 16.6. The van der Waals surface area contributed by atoms with E-state index in [4.69, 9.17) is 9.97 Å². The molecule has 0 amide bonds. The van der Waals surface area contributed by atoms with Gasteiger partial charge in [0.05, 0.1) is 16.9 Å². The van der Waals surface area contributed by atoms with Crippen LogP contribution in [0.25, 0.3) is 44.2 Å². The van der Waals surface area contributed by atoms with Crippen molar-refractivity contribution in [3.05, 3.63) is 90.6 Å². The van der Waals surface area contributed by atoms with Crippen LogP contribution in [-0.2, 0) is 6.42 Å². The van der Waals surface area contributed by atoms with E-state index in [1.807, 2.05) is 18.3 Å². The van der Waals surface area contributed by atoms with Crippen LogP contribution in [0.2, 0.25) is 0 Å². The summed E-state index contributed by atoms with van der Waals surface area (Å²) in [5, 5.41) is 6.99. The number of pyridine rings is 2. The van der Waals surface area contributed by atoms with Crippen molar-refractivity contribution in [3.8, 4) is 22.5 Å². The number of anilines is 1. The second kappa shape index (κ2) is 6.96. The molecule has 5 aromatic rings. The number of aromatic nitrogens is 2. The van der Waals surface area contributed by atoms with E-state index in [1.165, 1.54) is 23.1 Å². The van der Waals surface area contributed by atoms with Gasteiger partial charge in [0.1, 0.15) is 0 Å². The summed E-state index contributed by atoms with van der Waals surface area (Å²) in [6.45, 7) is 1.05. The highest BCUT2D eigenvalue weighted by atomic mass is 14.9. The summed E-state index contributed by atoms with van der Waals surface area (Å²) in [6, 6.07) is 27.8. The molecular formula is C27H21N3. The molecule has 0 saturated carbocycles. The molecule has 1 N–H and O–H groups in total. The topological polar surface area (TPSA) is 37.8 Å². The standard InChI is InChI=1S/C27H21N3/c1-2-6-24-18(4-1)11-12-25(30-24)21-10-8-20-15-27(29-17-23(20)14-21)22-9-7-19-5-3-13-28-26(19)16-22/h1-2,4,6-12,14-17,28H,3,5,13H2. The van der Waals surface area contributed by atoms with Crippen molar-refractivity contribution in [2.45, 2.75) is 12.8 Å². The SMILES string of the molecule is c1ccc2nc(-c3ccc4cc(-c5ccc6c(c5)NCCC6)ncc4c3)ccc2c1. The molecule has 3 heterocycles. The van der Waals surface area contributed by atoms with Gasteiger partial charge in [-0.3, -0.25) is 4.98 Å². The van der Waals surface area contributed by atoms with Crippen LogP contribution in [0, 0.1) is 0 Å². The first-order valence-electron chi connectivity index (χ1n) is 10.5. The fourth-order valence-corrected chi connectivity index (χ4v) is 4.31. The second-order valence-electron chi connectivity index (χ2n) is 7.92. The van der Waals surface area contributed by atoms with Crippen LogP contribution in [0.5, 0.6) is 0 Å². The predicted octanol–water partition coefficient (Wildman–Crippen LogP) is 6.48. The first kappa shape index (κ1) is 17.2. The van der Waals surface area contributed by atoms with E-state index in [-0.39, 0.29) is 0 Å². The molecule has 0 spiro atoms. The third-order valence-electron chi connectivity index (χ3n) is 5.96. The van der Waals surface area contributed by atoms with E-state index in [0.29, 0.717) is 0 Å². The molecule has 0 bridgehead atoms. The lowest BCUT2D eigenvalue weighted by atomic mass is 9.99. The molecule has 3 heteroatoms. The van der Waals surface area contributed by atoms with Gasteiger partial charge < -0.3 is 5.32 Å². The number of nitrogens with zero attached hydrogens (tertiary/aromatic N) is 2. The van der Waals surface area contributed by atoms with Crippen molar-refractivity contribution in [2.24, 2.45) is 0 Å². The Morgan fingerprint density at radius 1 is 0.700 bits per heavy atom. The molecule has 2 aromatic heterocycles. The minimum absolute atomic E-state index is 0.987. The molecule has 144 valence electrons. The van der Waals surface area contributed by atoms with Gasteiger partial charge in [0.2, 0.25) is 0 Å². The molecular weight excluding hydrogens is 366 g/mol. The minimum Gasteiger partial charge on any atom is -0.385 e. The third-order valence-corrected chi connectivity index (χ3v) is 5.96. The van der Waals surface area contributed by atoms with Gasteiger partial charge in [-0.25, -0.2) is 4.98 Å². The molecule has 3 nitrogen and oxygen atoms in total. The van der Waals surface area contributed by atoms with Crippen LogP contribution in [0.3, 0.4) is 0 Å². The Hall–Kier alpha value is -3.72. The number of benzene rings is 3. The molecule has 30 heavy (non-hydrogen) atoms. The van der Waals surface area contributed by atoms with Gasteiger partial charge in [0.15, 0.2) is 0 Å². The van der Waals surface area contributed by atoms with E-state index in [2.05, 4.69) is 72.0 Å². The number of fused-ring (bicyclic) bond motifs is 3. The number of hydrogen-bond acceptors (Lipinski definition) is 3. The summed E-state index contributed by atoms with van der Waals surface area (Å²) in [5.74, 6) is 0. The highest BCUT2D eigenvalue weighted by molar-refractivity contribution is 5.90. The van der Waals surface area contributed by atoms with E-state index in [9.17, 15) is 0 Å². The summed E-state index contributed by atoms with van der Waals surface area (Å²) in [5.41, 5.74) is 7.93. The molecule has 1 aliphatic rings. The van der Waals surface area contributed by atoms with Crippen LogP contribution in [-0.4, -0.2) is 16.5 Å². The first-order valence-corrected chi connectivity index (χ1v) is 10.5. The molecule has 0 radical (unpaired) electrons. The summed E-state index contributed by atoms with van der Waals surface area (Å²) >= 11 is 0. The van der Waals surface area contributed by atoms with E-state index >= 15 is 0 Å². The monoisotopic (exact) mass is 387 g/mol. The van der Waals surface area contributed by atoms with Crippen molar-refractivity contribution in [2.75, 3.05) is 11.9 Å². The second-order valence-corrected chi connectivity index (χ2v) is 7.92. The highest BCUT2D eigenvalue weighted by Gasteiger charge is 2.11. The first-order chi connectivity index (χ1) is 14.8. The molecule has 0 fully saturated rings. The van der Waals surface area contributed by atoms with E-state index in [1.54, 1.807) is 0 Å². The Bertz CT molecular complexity index is 1400. The van der Waals surface area contributed by atoms with Gasteiger partial charge in [0.25, 0.3) is 0 Å². The van der Waals surface area contributed by atoms with Crippen molar-refractivity contribution in [1.29, 1.82) is 0 Å². The maximum atomic E-state index is 4.83. The third kappa shape index (κ3) is 3.00. The van der Waals surface area contributed by atoms with Crippen LogP contribution < -0.4 is 5.32 Å². The van der Waals surface area contributed by atoms with Gasteiger partial charge in [-0.2, -0.15) is 0 Å². The average Bonchev–Trinajstić information content (AvgIpc) is 2.83. The molecule has 6 rings (SSSR count). The van der Waals surface area contributed by atoms with Crippen molar-refractivity contribution >= 4 is 27.4 Å². The van der Waals surface area contributed by atoms with Crippen molar-refractivity contribution in [3.63, 3.8) is 0 Å².